The highest BCUT2D eigenvalue weighted by molar-refractivity contribution is 7.85. The van der Waals surface area contributed by atoms with Gasteiger partial charge in [0.25, 0.3) is 0 Å². The average Bonchev–Trinajstić information content (AvgIpc) is 2.81. The van der Waals surface area contributed by atoms with E-state index in [0.29, 0.717) is 17.9 Å². The zero-order valence-corrected chi connectivity index (χ0v) is 21.8. The third kappa shape index (κ3) is 13.6. The van der Waals surface area contributed by atoms with Crippen LogP contribution >= 0.6 is 0 Å². The Bertz CT molecular complexity index is 798. The second-order valence-corrected chi connectivity index (χ2v) is 10.0. The molecule has 1 N–H and O–H groups in total. The quantitative estimate of drug-likeness (QED) is 0.191. The van der Waals surface area contributed by atoms with Gasteiger partial charge in [-0.1, -0.05) is 70.8 Å². The molecule has 1 aromatic rings. The first-order chi connectivity index (χ1) is 16.3. The summed E-state index contributed by atoms with van der Waals surface area (Å²) in [4.78, 5) is 12.3. The van der Waals surface area contributed by atoms with Crippen molar-refractivity contribution < 1.29 is 32.0 Å². The van der Waals surface area contributed by atoms with Crippen LogP contribution in [0, 0.1) is 0 Å². The van der Waals surface area contributed by atoms with E-state index >= 15 is 0 Å². The lowest BCUT2D eigenvalue weighted by Crippen LogP contribution is -2.28. The molecule has 0 radical (unpaired) electrons. The highest BCUT2D eigenvalue weighted by Gasteiger charge is 2.19. The van der Waals surface area contributed by atoms with E-state index in [4.69, 9.17) is 14.2 Å². The van der Waals surface area contributed by atoms with Gasteiger partial charge in [-0.25, -0.2) is 13.2 Å². The lowest BCUT2D eigenvalue weighted by molar-refractivity contribution is 0.0906. The molecular formula is C25H42NO7S-. The summed E-state index contributed by atoms with van der Waals surface area (Å²) in [5.41, 5.74) is 0.797. The Labute approximate surface area is 205 Å². The number of rotatable bonds is 19. The number of methoxy groups -OCH3 is 2. The largest absolute Gasteiger partial charge is 0.748 e. The Balaban J connectivity index is 2.57. The molecule has 8 nitrogen and oxygen atoms in total. The van der Waals surface area contributed by atoms with Crippen molar-refractivity contribution in [2.24, 2.45) is 0 Å². The van der Waals surface area contributed by atoms with Crippen molar-refractivity contribution in [1.82, 2.24) is 5.32 Å². The Morgan fingerprint density at radius 1 is 0.912 bits per heavy atom. The molecule has 34 heavy (non-hydrogen) atoms. The van der Waals surface area contributed by atoms with Gasteiger partial charge in [-0.05, 0) is 37.0 Å². The van der Waals surface area contributed by atoms with E-state index in [2.05, 4.69) is 12.2 Å². The maximum absolute atomic E-state index is 12.3. The summed E-state index contributed by atoms with van der Waals surface area (Å²) < 4.78 is 48.4. The van der Waals surface area contributed by atoms with E-state index < -0.39 is 28.1 Å². The van der Waals surface area contributed by atoms with E-state index in [1.165, 1.54) is 44.9 Å². The highest BCUT2D eigenvalue weighted by Crippen LogP contribution is 2.33. The van der Waals surface area contributed by atoms with Gasteiger partial charge in [-0.2, -0.15) is 0 Å². The van der Waals surface area contributed by atoms with E-state index in [1.807, 2.05) is 6.07 Å². The number of nitrogens with one attached hydrogen (secondary N) is 1. The van der Waals surface area contributed by atoms with Crippen molar-refractivity contribution in [2.45, 2.75) is 90.1 Å². The van der Waals surface area contributed by atoms with Gasteiger partial charge in [0.1, 0.15) is 6.10 Å². The SMILES string of the molecule is CCCCCCCCCCCCC(OC(=O)NCCCS(=O)(=O)[O-])c1ccc(OC)c(OC)c1. The molecule has 196 valence electrons. The summed E-state index contributed by atoms with van der Waals surface area (Å²) in [5, 5.41) is 2.53. The molecule has 1 amide bonds. The predicted octanol–water partition coefficient (Wildman–Crippen LogP) is 5.72. The van der Waals surface area contributed by atoms with Crippen LogP contribution in [0.5, 0.6) is 11.5 Å². The van der Waals surface area contributed by atoms with Crippen LogP contribution < -0.4 is 14.8 Å². The van der Waals surface area contributed by atoms with Crippen LogP contribution in [-0.4, -0.2) is 45.6 Å². The topological polar surface area (TPSA) is 114 Å². The van der Waals surface area contributed by atoms with Gasteiger partial charge in [0.05, 0.1) is 24.3 Å². The maximum atomic E-state index is 12.3. The first-order valence-electron chi connectivity index (χ1n) is 12.4. The Morgan fingerprint density at radius 3 is 2.06 bits per heavy atom. The Morgan fingerprint density at radius 2 is 1.50 bits per heavy atom. The van der Waals surface area contributed by atoms with E-state index in [1.54, 1.807) is 26.4 Å². The first-order valence-corrected chi connectivity index (χ1v) is 14.0. The van der Waals surface area contributed by atoms with E-state index in [9.17, 15) is 17.8 Å². The normalized spacial score (nSPS) is 12.2. The number of carbonyl (C=O) groups is 1. The Hall–Kier alpha value is -2.00. The molecule has 0 aliphatic heterocycles. The molecule has 9 heteroatoms. The molecule has 1 atom stereocenters. The fourth-order valence-corrected chi connectivity index (χ4v) is 4.27. The van der Waals surface area contributed by atoms with Gasteiger partial charge in [0.2, 0.25) is 0 Å². The minimum absolute atomic E-state index is 0.0421. The smallest absolute Gasteiger partial charge is 0.407 e. The van der Waals surface area contributed by atoms with Crippen molar-refractivity contribution in [3.8, 4) is 11.5 Å². The number of ether oxygens (including phenoxy) is 3. The summed E-state index contributed by atoms with van der Waals surface area (Å²) in [6, 6.07) is 5.43. The summed E-state index contributed by atoms with van der Waals surface area (Å²) >= 11 is 0. The van der Waals surface area contributed by atoms with Crippen molar-refractivity contribution in [1.29, 1.82) is 0 Å². The van der Waals surface area contributed by atoms with E-state index in [-0.39, 0.29) is 13.0 Å². The van der Waals surface area contributed by atoms with Gasteiger partial charge in [-0.3, -0.25) is 0 Å². The van der Waals surface area contributed by atoms with Crippen LogP contribution in [0.3, 0.4) is 0 Å². The standard InChI is InChI=1S/C25H43NO7S/c1-4-5-6-7-8-9-10-11-12-13-15-22(21-16-17-23(31-2)24(20-21)32-3)33-25(27)26-18-14-19-34(28,29)30/h16-17,20,22H,4-15,18-19H2,1-3H3,(H,26,27)(H,28,29,30)/p-1. The molecule has 0 spiro atoms. The number of carbonyl (C=O) groups excluding carboxylic acids is 1. The van der Waals surface area contributed by atoms with Crippen LogP contribution in [0.2, 0.25) is 0 Å². The number of unbranched alkanes of at least 4 members (excludes halogenated alkanes) is 9. The van der Waals surface area contributed by atoms with Gasteiger partial charge in [-0.15, -0.1) is 0 Å². The second kappa shape index (κ2) is 17.4. The van der Waals surface area contributed by atoms with Gasteiger partial charge in [0.15, 0.2) is 11.5 Å². The molecule has 0 saturated carbocycles. The minimum atomic E-state index is -4.30. The monoisotopic (exact) mass is 500 g/mol. The van der Waals surface area contributed by atoms with Crippen molar-refractivity contribution in [3.05, 3.63) is 23.8 Å². The lowest BCUT2D eigenvalue weighted by atomic mass is 10.0. The molecule has 0 heterocycles. The third-order valence-electron chi connectivity index (χ3n) is 5.69. The fourth-order valence-electron chi connectivity index (χ4n) is 3.77. The molecule has 0 aliphatic rings. The molecule has 1 rings (SSSR count). The van der Waals surface area contributed by atoms with Gasteiger partial charge in [0, 0.05) is 12.3 Å². The summed E-state index contributed by atoms with van der Waals surface area (Å²) in [7, 11) is -1.19. The van der Waals surface area contributed by atoms with Crippen molar-refractivity contribution in [2.75, 3.05) is 26.5 Å². The van der Waals surface area contributed by atoms with Gasteiger partial charge >= 0.3 is 6.09 Å². The maximum Gasteiger partial charge on any atom is 0.407 e. The number of hydrogen-bond acceptors (Lipinski definition) is 7. The van der Waals surface area contributed by atoms with E-state index in [0.717, 1.165) is 24.8 Å². The molecule has 0 fully saturated rings. The van der Waals surface area contributed by atoms with Crippen LogP contribution in [0.1, 0.15) is 95.6 Å². The molecule has 0 aromatic heterocycles. The van der Waals surface area contributed by atoms with Gasteiger partial charge < -0.3 is 24.1 Å². The molecule has 1 aromatic carbocycles. The van der Waals surface area contributed by atoms with Crippen LogP contribution in [-0.2, 0) is 14.9 Å². The number of amides is 1. The number of alkyl carbamates (subject to hydrolysis) is 1. The summed E-state index contributed by atoms with van der Waals surface area (Å²) in [6.07, 6.45) is 11.7. The second-order valence-electron chi connectivity index (χ2n) is 8.52. The number of benzene rings is 1. The molecule has 0 saturated heterocycles. The van der Waals surface area contributed by atoms with Crippen LogP contribution in [0.25, 0.3) is 0 Å². The van der Waals surface area contributed by atoms with Crippen LogP contribution in [0.4, 0.5) is 4.79 Å². The predicted molar refractivity (Wildman–Crippen MR) is 132 cm³/mol. The van der Waals surface area contributed by atoms with Crippen molar-refractivity contribution in [3.63, 3.8) is 0 Å². The van der Waals surface area contributed by atoms with Crippen molar-refractivity contribution >= 4 is 16.2 Å². The zero-order valence-electron chi connectivity index (χ0n) is 21.0. The molecule has 1 unspecified atom stereocenters. The van der Waals surface area contributed by atoms with Crippen LogP contribution in [0.15, 0.2) is 18.2 Å². The average molecular weight is 501 g/mol. The molecule has 0 aliphatic carbocycles. The zero-order chi connectivity index (χ0) is 25.2. The third-order valence-corrected chi connectivity index (χ3v) is 6.48. The summed E-state index contributed by atoms with van der Waals surface area (Å²) in [6.45, 7) is 2.28. The first kappa shape index (κ1) is 30.0. The summed E-state index contributed by atoms with van der Waals surface area (Å²) in [5.74, 6) is 0.621. The molecule has 0 bridgehead atoms. The fraction of sp³-hybridized carbons (Fsp3) is 0.720. The lowest BCUT2D eigenvalue weighted by Gasteiger charge is -2.20. The number of hydrogen-bond donors (Lipinski definition) is 1. The minimum Gasteiger partial charge on any atom is -0.748 e. The molecular weight excluding hydrogens is 458 g/mol. The highest BCUT2D eigenvalue weighted by atomic mass is 32.2. The Kier molecular flexibility index (Phi) is 15.4.